The van der Waals surface area contributed by atoms with Crippen LogP contribution in [-0.2, 0) is 14.3 Å². The first-order valence-electron chi connectivity index (χ1n) is 5.16. The molecule has 0 saturated carbocycles. The summed E-state index contributed by atoms with van der Waals surface area (Å²) >= 11 is 0. The van der Waals surface area contributed by atoms with Gasteiger partial charge in [-0.1, -0.05) is 6.07 Å². The van der Waals surface area contributed by atoms with Crippen LogP contribution in [0.1, 0.15) is 21.5 Å². The predicted molar refractivity (Wildman–Crippen MR) is 59.5 cm³/mol. The Bertz CT molecular complexity index is 848. The molecule has 0 spiro atoms. The minimum Gasteiger partial charge on any atom is -0.338 e. The third-order valence-corrected chi connectivity index (χ3v) is 3.90. The molecule has 1 heterocycles. The molecule has 118 valence electrons. The number of rotatable bonds is 2. The average molecular weight is 344 g/mol. The minimum atomic E-state index is -5.04. The zero-order valence-electron chi connectivity index (χ0n) is 9.96. The number of fused-ring (bicyclic) bond motifs is 1. The van der Waals surface area contributed by atoms with Gasteiger partial charge in [0.25, 0.3) is 0 Å². The van der Waals surface area contributed by atoms with E-state index in [4.69, 9.17) is 0 Å². The summed E-state index contributed by atoms with van der Waals surface area (Å²) in [7, 11) is -5.04. The molecular weight excluding hydrogens is 342 g/mol. The van der Waals surface area contributed by atoms with Gasteiger partial charge in [0.2, 0.25) is 0 Å². The van der Waals surface area contributed by atoms with Gasteiger partial charge < -0.3 is 4.18 Å². The fourth-order valence-corrected chi connectivity index (χ4v) is 3.03. The highest BCUT2D eigenvalue weighted by Gasteiger charge is 2.41. The van der Waals surface area contributed by atoms with E-state index in [2.05, 4.69) is 4.18 Å². The second-order valence-electron chi connectivity index (χ2n) is 3.84. The number of hydrogen-bond acceptors (Lipinski definition) is 4. The van der Waals surface area contributed by atoms with Crippen molar-refractivity contribution in [1.29, 1.82) is 0 Å². The van der Waals surface area contributed by atoms with Gasteiger partial charge in [0, 0.05) is 11.1 Å². The Kier molecular flexibility index (Phi) is 3.77. The number of halogens is 6. The van der Waals surface area contributed by atoms with Crippen molar-refractivity contribution in [2.45, 2.75) is 4.90 Å². The van der Waals surface area contributed by atoms with Gasteiger partial charge in [-0.2, -0.15) is 26.0 Å². The summed E-state index contributed by atoms with van der Waals surface area (Å²) in [5.41, 5.74) is -4.03. The smallest absolute Gasteiger partial charge is 0.338 e. The lowest BCUT2D eigenvalue weighted by Crippen LogP contribution is -2.03. The fraction of sp³-hybridized carbons (Fsp3) is 0. The molecule has 0 atom stereocenters. The average Bonchev–Trinajstić information content (AvgIpc) is 2.66. The van der Waals surface area contributed by atoms with Crippen molar-refractivity contribution in [3.05, 3.63) is 41.0 Å². The van der Waals surface area contributed by atoms with Crippen LogP contribution in [-0.4, -0.2) is 14.4 Å². The molecule has 1 aromatic rings. The Hall–Kier alpha value is -2.30. The quantitative estimate of drug-likeness (QED) is 0.607. The van der Waals surface area contributed by atoms with E-state index in [0.717, 1.165) is 0 Å². The van der Waals surface area contributed by atoms with Crippen LogP contribution in [0.25, 0.3) is 11.7 Å². The van der Waals surface area contributed by atoms with Gasteiger partial charge in [0.15, 0.2) is 11.7 Å². The Morgan fingerprint density at radius 3 is 1.95 bits per heavy atom. The van der Waals surface area contributed by atoms with E-state index in [9.17, 15) is 39.6 Å². The maximum Gasteiger partial charge on any atom is 0.355 e. The van der Waals surface area contributed by atoms with Crippen LogP contribution < -0.4 is 0 Å². The molecule has 0 N–H and O–H groups in total. The molecule has 0 aliphatic carbocycles. The van der Waals surface area contributed by atoms with Crippen molar-refractivity contribution in [3.63, 3.8) is 0 Å². The highest BCUT2D eigenvalue weighted by molar-refractivity contribution is 7.87. The van der Waals surface area contributed by atoms with E-state index < -0.39 is 61.5 Å². The van der Waals surface area contributed by atoms with E-state index in [0.29, 0.717) is 12.1 Å². The molecule has 0 saturated heterocycles. The SMILES string of the molecule is O=C1OS(=O)(=O)c2c1ccc(C(F)=C(F)F)c2C(F)=C(F)F. The van der Waals surface area contributed by atoms with Gasteiger partial charge >= 0.3 is 28.2 Å². The second-order valence-corrected chi connectivity index (χ2v) is 5.32. The third kappa shape index (κ3) is 2.36. The third-order valence-electron chi connectivity index (χ3n) is 2.60. The maximum absolute atomic E-state index is 13.5. The Morgan fingerprint density at radius 1 is 0.909 bits per heavy atom. The van der Waals surface area contributed by atoms with Crippen LogP contribution >= 0.6 is 0 Å². The van der Waals surface area contributed by atoms with Gasteiger partial charge in [-0.25, -0.2) is 13.6 Å². The van der Waals surface area contributed by atoms with Crippen molar-refractivity contribution in [2.24, 2.45) is 0 Å². The van der Waals surface area contributed by atoms with E-state index in [1.54, 1.807) is 0 Å². The topological polar surface area (TPSA) is 60.4 Å². The first-order chi connectivity index (χ1) is 10.1. The Labute approximate surface area is 118 Å². The van der Waals surface area contributed by atoms with Crippen LogP contribution in [0, 0.1) is 0 Å². The molecule has 22 heavy (non-hydrogen) atoms. The molecule has 0 unspecified atom stereocenters. The fourth-order valence-electron chi connectivity index (χ4n) is 1.79. The van der Waals surface area contributed by atoms with Crippen LogP contribution in [0.4, 0.5) is 26.3 Å². The summed E-state index contributed by atoms with van der Waals surface area (Å²) < 4.78 is 103. The number of carbonyl (C=O) groups is 1. The Morgan fingerprint density at radius 2 is 1.45 bits per heavy atom. The van der Waals surface area contributed by atoms with Gasteiger partial charge in [-0.05, 0) is 6.07 Å². The zero-order valence-corrected chi connectivity index (χ0v) is 10.8. The summed E-state index contributed by atoms with van der Waals surface area (Å²) in [4.78, 5) is 9.83. The van der Waals surface area contributed by atoms with E-state index in [-0.39, 0.29) is 0 Å². The van der Waals surface area contributed by atoms with Gasteiger partial charge in [0.05, 0.1) is 5.56 Å². The van der Waals surface area contributed by atoms with Crippen LogP contribution in [0.5, 0.6) is 0 Å². The largest absolute Gasteiger partial charge is 0.355 e. The number of hydrogen-bond donors (Lipinski definition) is 0. The van der Waals surface area contributed by atoms with Crippen molar-refractivity contribution in [1.82, 2.24) is 0 Å². The molecule has 1 aliphatic heterocycles. The summed E-state index contributed by atoms with van der Waals surface area (Å²) in [6.07, 6.45) is -6.08. The molecule has 1 aromatic carbocycles. The molecule has 1 aliphatic rings. The summed E-state index contributed by atoms with van der Waals surface area (Å²) in [6, 6.07) is 0.917. The summed E-state index contributed by atoms with van der Waals surface area (Å²) in [6.45, 7) is 0. The molecule has 0 radical (unpaired) electrons. The molecule has 0 fully saturated rings. The first-order valence-corrected chi connectivity index (χ1v) is 6.57. The molecule has 0 bridgehead atoms. The predicted octanol–water partition coefficient (Wildman–Crippen LogP) is 3.61. The van der Waals surface area contributed by atoms with E-state index in [1.165, 1.54) is 0 Å². The van der Waals surface area contributed by atoms with Crippen LogP contribution in [0.15, 0.2) is 29.2 Å². The van der Waals surface area contributed by atoms with E-state index in [1.807, 2.05) is 0 Å². The molecule has 0 amide bonds. The maximum atomic E-state index is 13.5. The second kappa shape index (κ2) is 5.16. The van der Waals surface area contributed by atoms with Gasteiger partial charge in [0.1, 0.15) is 4.90 Å². The van der Waals surface area contributed by atoms with Crippen molar-refractivity contribution in [3.8, 4) is 0 Å². The minimum absolute atomic E-state index is 0.368. The van der Waals surface area contributed by atoms with E-state index >= 15 is 0 Å². The summed E-state index contributed by atoms with van der Waals surface area (Å²) in [5, 5.41) is 0. The van der Waals surface area contributed by atoms with Crippen LogP contribution in [0.3, 0.4) is 0 Å². The monoisotopic (exact) mass is 344 g/mol. The summed E-state index contributed by atoms with van der Waals surface area (Å²) in [5.74, 6) is -6.51. The number of carbonyl (C=O) groups excluding carboxylic acids is 1. The molecule has 0 aromatic heterocycles. The normalized spacial score (nSPS) is 15.1. The van der Waals surface area contributed by atoms with Crippen molar-refractivity contribution < 1.29 is 43.7 Å². The molecule has 11 heteroatoms. The molecule has 2 rings (SSSR count). The highest BCUT2D eigenvalue weighted by atomic mass is 32.2. The number of benzene rings is 1. The molecule has 4 nitrogen and oxygen atoms in total. The lowest BCUT2D eigenvalue weighted by Gasteiger charge is -2.08. The standard InChI is InChI=1S/C11H2F6O4S/c12-6(9(14)15)3-1-2-4-8(5(3)7(13)10(16)17)22(19,20)21-11(4)18/h1-2H. The van der Waals surface area contributed by atoms with Crippen molar-refractivity contribution >= 4 is 27.7 Å². The first kappa shape index (κ1) is 16.1. The zero-order chi connectivity index (χ0) is 16.8. The lowest BCUT2D eigenvalue weighted by atomic mass is 10.0. The highest BCUT2D eigenvalue weighted by Crippen LogP contribution is 2.41. The Balaban J connectivity index is 3.03. The molecular formula is C11H2F6O4S. The van der Waals surface area contributed by atoms with Gasteiger partial charge in [-0.15, -0.1) is 0 Å². The van der Waals surface area contributed by atoms with Crippen molar-refractivity contribution in [2.75, 3.05) is 0 Å². The van der Waals surface area contributed by atoms with Gasteiger partial charge in [-0.3, -0.25) is 0 Å². The van der Waals surface area contributed by atoms with Crippen LogP contribution in [0.2, 0.25) is 0 Å². The lowest BCUT2D eigenvalue weighted by molar-refractivity contribution is 0.0762.